The monoisotopic (exact) mass is 310 g/mol. The molecule has 7 heteroatoms. The second-order valence-corrected chi connectivity index (χ2v) is 5.14. The van der Waals surface area contributed by atoms with Gasteiger partial charge in [0.1, 0.15) is 23.3 Å². The van der Waals surface area contributed by atoms with E-state index in [1.54, 1.807) is 6.07 Å². The summed E-state index contributed by atoms with van der Waals surface area (Å²) in [6.45, 7) is 4.17. The van der Waals surface area contributed by atoms with Gasteiger partial charge in [0.15, 0.2) is 5.16 Å². The fourth-order valence-electron chi connectivity index (χ4n) is 1.73. The summed E-state index contributed by atoms with van der Waals surface area (Å²) in [5.41, 5.74) is 0.310. The molecule has 0 bridgehead atoms. The second-order valence-electron chi connectivity index (χ2n) is 4.36. The molecule has 1 heterocycles. The Balaban J connectivity index is 2.34. The number of benzene rings is 1. The molecular formula is C14H16F2N4S. The van der Waals surface area contributed by atoms with Crippen molar-refractivity contribution in [2.75, 3.05) is 23.4 Å². The molecular weight excluding hydrogens is 294 g/mol. The number of nitrogens with one attached hydrogen (secondary N) is 2. The van der Waals surface area contributed by atoms with E-state index < -0.39 is 11.6 Å². The van der Waals surface area contributed by atoms with Crippen LogP contribution in [-0.4, -0.2) is 22.8 Å². The van der Waals surface area contributed by atoms with Gasteiger partial charge in [-0.15, -0.1) is 0 Å². The number of hydrogen-bond donors (Lipinski definition) is 2. The molecule has 2 aromatic rings. The van der Waals surface area contributed by atoms with Crippen LogP contribution in [0.4, 0.5) is 26.1 Å². The molecule has 0 unspecified atom stereocenters. The minimum Gasteiger partial charge on any atom is -0.370 e. The van der Waals surface area contributed by atoms with Gasteiger partial charge >= 0.3 is 0 Å². The molecule has 1 aromatic heterocycles. The smallest absolute Gasteiger partial charge is 0.191 e. The Labute approximate surface area is 126 Å². The lowest BCUT2D eigenvalue weighted by Gasteiger charge is -2.11. The van der Waals surface area contributed by atoms with Gasteiger partial charge < -0.3 is 10.6 Å². The number of halogens is 2. The molecule has 0 aliphatic carbocycles. The van der Waals surface area contributed by atoms with Gasteiger partial charge in [0.25, 0.3) is 0 Å². The zero-order valence-electron chi connectivity index (χ0n) is 12.0. The minimum atomic E-state index is -0.525. The van der Waals surface area contributed by atoms with E-state index in [0.29, 0.717) is 23.3 Å². The topological polar surface area (TPSA) is 49.8 Å². The summed E-state index contributed by atoms with van der Waals surface area (Å²) in [7, 11) is 0. The third kappa shape index (κ3) is 3.81. The van der Waals surface area contributed by atoms with Gasteiger partial charge in [0.05, 0.1) is 5.69 Å². The predicted molar refractivity (Wildman–Crippen MR) is 82.4 cm³/mol. The third-order valence-corrected chi connectivity index (χ3v) is 3.30. The van der Waals surface area contributed by atoms with E-state index in [1.165, 1.54) is 18.7 Å². The van der Waals surface area contributed by atoms with Crippen LogP contribution in [0.3, 0.4) is 0 Å². The van der Waals surface area contributed by atoms with E-state index in [4.69, 9.17) is 0 Å². The largest absolute Gasteiger partial charge is 0.370 e. The molecule has 0 aliphatic rings. The molecule has 1 aromatic carbocycles. The lowest BCUT2D eigenvalue weighted by atomic mass is 10.2. The van der Waals surface area contributed by atoms with Crippen LogP contribution < -0.4 is 10.6 Å². The van der Waals surface area contributed by atoms with Crippen molar-refractivity contribution in [3.05, 3.63) is 35.4 Å². The van der Waals surface area contributed by atoms with Crippen LogP contribution >= 0.6 is 11.8 Å². The van der Waals surface area contributed by atoms with Crippen molar-refractivity contribution >= 4 is 29.1 Å². The van der Waals surface area contributed by atoms with Gasteiger partial charge in [-0.3, -0.25) is 0 Å². The van der Waals surface area contributed by atoms with Crippen LogP contribution in [0, 0.1) is 18.6 Å². The normalized spacial score (nSPS) is 10.5. The Morgan fingerprint density at radius 2 is 1.81 bits per heavy atom. The fraction of sp³-hybridized carbons (Fsp3) is 0.286. The second kappa shape index (κ2) is 6.71. The van der Waals surface area contributed by atoms with Gasteiger partial charge in [0, 0.05) is 18.7 Å². The SMILES string of the molecule is CCNc1cc(Nc2cc(F)c(C)cc2F)nc(SC)n1. The molecule has 4 nitrogen and oxygen atoms in total. The van der Waals surface area contributed by atoms with E-state index in [2.05, 4.69) is 20.6 Å². The number of thioether (sulfide) groups is 1. The molecule has 0 fully saturated rings. The number of nitrogens with zero attached hydrogens (tertiary/aromatic N) is 2. The van der Waals surface area contributed by atoms with Crippen LogP contribution in [0.25, 0.3) is 0 Å². The maximum atomic E-state index is 13.9. The van der Waals surface area contributed by atoms with Crippen molar-refractivity contribution < 1.29 is 8.78 Å². The number of anilines is 3. The van der Waals surface area contributed by atoms with E-state index in [-0.39, 0.29) is 11.3 Å². The van der Waals surface area contributed by atoms with Crippen molar-refractivity contribution in [2.45, 2.75) is 19.0 Å². The zero-order chi connectivity index (χ0) is 15.4. The first kappa shape index (κ1) is 15.5. The maximum Gasteiger partial charge on any atom is 0.191 e. The molecule has 2 N–H and O–H groups in total. The highest BCUT2D eigenvalue weighted by Crippen LogP contribution is 2.24. The van der Waals surface area contributed by atoms with Crippen molar-refractivity contribution in [3.63, 3.8) is 0 Å². The first-order valence-electron chi connectivity index (χ1n) is 6.43. The van der Waals surface area contributed by atoms with E-state index in [0.717, 1.165) is 12.1 Å². The fourth-order valence-corrected chi connectivity index (χ4v) is 2.11. The number of hydrogen-bond acceptors (Lipinski definition) is 5. The van der Waals surface area contributed by atoms with Crippen LogP contribution in [0.2, 0.25) is 0 Å². The first-order chi connectivity index (χ1) is 10.0. The molecule has 0 spiro atoms. The van der Waals surface area contributed by atoms with Gasteiger partial charge in [-0.05, 0) is 31.7 Å². The summed E-state index contributed by atoms with van der Waals surface area (Å²) in [4.78, 5) is 8.50. The van der Waals surface area contributed by atoms with E-state index in [9.17, 15) is 8.78 Å². The minimum absolute atomic E-state index is 0.0475. The Bertz CT molecular complexity index is 649. The highest BCUT2D eigenvalue weighted by Gasteiger charge is 2.10. The highest BCUT2D eigenvalue weighted by atomic mass is 32.2. The average molecular weight is 310 g/mol. The Kier molecular flexibility index (Phi) is 4.95. The van der Waals surface area contributed by atoms with Crippen LogP contribution in [0.1, 0.15) is 12.5 Å². The number of rotatable bonds is 5. The first-order valence-corrected chi connectivity index (χ1v) is 7.65. The van der Waals surface area contributed by atoms with Gasteiger partial charge in [-0.1, -0.05) is 11.8 Å². The van der Waals surface area contributed by atoms with Crippen LogP contribution in [0.15, 0.2) is 23.4 Å². The van der Waals surface area contributed by atoms with E-state index in [1.807, 2.05) is 13.2 Å². The zero-order valence-corrected chi connectivity index (χ0v) is 12.8. The molecule has 0 amide bonds. The third-order valence-electron chi connectivity index (χ3n) is 2.76. The number of aromatic nitrogens is 2. The molecule has 0 saturated heterocycles. The highest BCUT2D eigenvalue weighted by molar-refractivity contribution is 7.98. The molecule has 0 atom stereocenters. The molecule has 21 heavy (non-hydrogen) atoms. The summed E-state index contributed by atoms with van der Waals surface area (Å²) in [6, 6.07) is 3.93. The summed E-state index contributed by atoms with van der Waals surface area (Å²) < 4.78 is 27.4. The molecule has 0 radical (unpaired) electrons. The summed E-state index contributed by atoms with van der Waals surface area (Å²) in [5, 5.41) is 6.41. The van der Waals surface area contributed by atoms with Crippen LogP contribution in [0.5, 0.6) is 0 Å². The van der Waals surface area contributed by atoms with Crippen LogP contribution in [-0.2, 0) is 0 Å². The van der Waals surface area contributed by atoms with Crippen molar-refractivity contribution in [1.82, 2.24) is 9.97 Å². The molecule has 0 aliphatic heterocycles. The summed E-state index contributed by atoms with van der Waals surface area (Å²) in [5.74, 6) is 0.0490. The average Bonchev–Trinajstić information content (AvgIpc) is 2.45. The molecule has 112 valence electrons. The summed E-state index contributed by atoms with van der Waals surface area (Å²) in [6.07, 6.45) is 1.85. The van der Waals surface area contributed by atoms with E-state index >= 15 is 0 Å². The lowest BCUT2D eigenvalue weighted by molar-refractivity contribution is 0.595. The summed E-state index contributed by atoms with van der Waals surface area (Å²) >= 11 is 1.37. The Morgan fingerprint density at radius 3 is 2.48 bits per heavy atom. The maximum absolute atomic E-state index is 13.9. The number of aryl methyl sites for hydroxylation is 1. The lowest BCUT2D eigenvalue weighted by Crippen LogP contribution is -2.04. The quantitative estimate of drug-likeness (QED) is 0.646. The molecule has 0 saturated carbocycles. The standard InChI is InChI=1S/C14H16F2N4S/c1-4-17-12-7-13(20-14(19-12)21-3)18-11-6-9(15)8(2)5-10(11)16/h5-7H,4H2,1-3H3,(H2,17,18,19,20). The Hall–Kier alpha value is -1.89. The van der Waals surface area contributed by atoms with Gasteiger partial charge in [-0.2, -0.15) is 0 Å². The molecule has 2 rings (SSSR count). The van der Waals surface area contributed by atoms with Crippen molar-refractivity contribution in [2.24, 2.45) is 0 Å². The van der Waals surface area contributed by atoms with Gasteiger partial charge in [0.2, 0.25) is 0 Å². The Morgan fingerprint density at radius 1 is 1.10 bits per heavy atom. The van der Waals surface area contributed by atoms with Gasteiger partial charge in [-0.25, -0.2) is 18.7 Å². The predicted octanol–water partition coefficient (Wildman–Crippen LogP) is 3.96. The van der Waals surface area contributed by atoms with Crippen molar-refractivity contribution in [1.29, 1.82) is 0 Å². The van der Waals surface area contributed by atoms with Crippen molar-refractivity contribution in [3.8, 4) is 0 Å².